The van der Waals surface area contributed by atoms with Gasteiger partial charge in [0.15, 0.2) is 0 Å². The normalized spacial score (nSPS) is 14.5. The van der Waals surface area contributed by atoms with Crippen molar-refractivity contribution in [3.8, 4) is 5.75 Å². The molecule has 1 aliphatic rings. The van der Waals surface area contributed by atoms with Gasteiger partial charge in [0.25, 0.3) is 5.91 Å². The van der Waals surface area contributed by atoms with E-state index in [1.165, 1.54) is 0 Å². The maximum absolute atomic E-state index is 12.4. The van der Waals surface area contributed by atoms with Gasteiger partial charge in [-0.25, -0.2) is 4.79 Å². The Balaban J connectivity index is 1.43. The molecule has 7 nitrogen and oxygen atoms in total. The van der Waals surface area contributed by atoms with Gasteiger partial charge < -0.3 is 20.3 Å². The fourth-order valence-electron chi connectivity index (χ4n) is 3.17. The topological polar surface area (TPSA) is 83.6 Å². The highest BCUT2D eigenvalue weighted by Crippen LogP contribution is 2.23. The number of methoxy groups -OCH3 is 1. The quantitative estimate of drug-likeness (QED) is 0.850. The van der Waals surface area contributed by atoms with E-state index in [-0.39, 0.29) is 11.9 Å². The molecule has 3 amide bonds. The number of likely N-dealkylation sites (tertiary alicyclic amines) is 1. The number of para-hydroxylation sites is 2. The third-order valence-corrected chi connectivity index (χ3v) is 4.74. The molecule has 0 saturated carbocycles. The molecule has 1 fully saturated rings. The number of carbonyl (C=O) groups is 2. The number of rotatable bonds is 5. The Morgan fingerprint density at radius 1 is 1.15 bits per heavy atom. The summed E-state index contributed by atoms with van der Waals surface area (Å²) in [5.74, 6) is 1.02. The molecule has 7 heteroatoms. The van der Waals surface area contributed by atoms with Gasteiger partial charge in [0.2, 0.25) is 0 Å². The summed E-state index contributed by atoms with van der Waals surface area (Å²) >= 11 is 0. The molecule has 0 radical (unpaired) electrons. The molecule has 0 atom stereocenters. The van der Waals surface area contributed by atoms with Crippen LogP contribution in [0.5, 0.6) is 5.75 Å². The van der Waals surface area contributed by atoms with Crippen molar-refractivity contribution >= 4 is 17.6 Å². The molecule has 0 bridgehead atoms. The molecule has 2 aromatic rings. The van der Waals surface area contributed by atoms with Crippen LogP contribution in [-0.2, 0) is 0 Å². The monoisotopic (exact) mass is 368 g/mol. The standard InChI is InChI=1S/C20H24N4O3/c1-27-18-5-3-2-4-17(18)23-20(26)22-14-15-8-12-24(13-9-15)19(25)16-6-10-21-11-7-16/h2-7,10-11,15H,8-9,12-14H2,1H3,(H2,22,23,26). The number of amides is 3. The summed E-state index contributed by atoms with van der Waals surface area (Å²) in [4.78, 5) is 30.4. The van der Waals surface area contributed by atoms with Gasteiger partial charge in [0.1, 0.15) is 5.75 Å². The number of benzene rings is 1. The minimum atomic E-state index is -0.255. The van der Waals surface area contributed by atoms with Crippen molar-refractivity contribution in [1.82, 2.24) is 15.2 Å². The van der Waals surface area contributed by atoms with Gasteiger partial charge in [-0.15, -0.1) is 0 Å². The van der Waals surface area contributed by atoms with E-state index < -0.39 is 0 Å². The summed E-state index contributed by atoms with van der Waals surface area (Å²) in [5, 5.41) is 5.71. The van der Waals surface area contributed by atoms with Crippen LogP contribution >= 0.6 is 0 Å². The Morgan fingerprint density at radius 2 is 1.85 bits per heavy atom. The minimum absolute atomic E-state index is 0.0396. The number of hydrogen-bond acceptors (Lipinski definition) is 4. The molecular formula is C20H24N4O3. The molecule has 1 aromatic heterocycles. The van der Waals surface area contributed by atoms with Crippen molar-refractivity contribution in [3.63, 3.8) is 0 Å². The lowest BCUT2D eigenvalue weighted by molar-refractivity contribution is 0.0690. The predicted octanol–water partition coefficient (Wildman–Crippen LogP) is 2.76. The zero-order valence-corrected chi connectivity index (χ0v) is 15.4. The number of aromatic nitrogens is 1. The van der Waals surface area contributed by atoms with Crippen LogP contribution < -0.4 is 15.4 Å². The van der Waals surface area contributed by atoms with E-state index in [4.69, 9.17) is 4.74 Å². The van der Waals surface area contributed by atoms with E-state index in [1.54, 1.807) is 43.8 Å². The molecule has 0 aliphatic carbocycles. The first kappa shape index (κ1) is 18.7. The summed E-state index contributed by atoms with van der Waals surface area (Å²) in [6.07, 6.45) is 4.99. The van der Waals surface area contributed by atoms with Gasteiger partial charge in [0, 0.05) is 37.6 Å². The van der Waals surface area contributed by atoms with Crippen LogP contribution in [0.1, 0.15) is 23.2 Å². The van der Waals surface area contributed by atoms with Crippen molar-refractivity contribution in [1.29, 1.82) is 0 Å². The number of anilines is 1. The first-order valence-corrected chi connectivity index (χ1v) is 9.04. The molecule has 27 heavy (non-hydrogen) atoms. The Hall–Kier alpha value is -3.09. The second kappa shape index (κ2) is 9.02. The highest BCUT2D eigenvalue weighted by Gasteiger charge is 2.24. The lowest BCUT2D eigenvalue weighted by Crippen LogP contribution is -2.42. The van der Waals surface area contributed by atoms with E-state index in [1.807, 2.05) is 17.0 Å². The van der Waals surface area contributed by atoms with Crippen molar-refractivity contribution in [2.45, 2.75) is 12.8 Å². The largest absolute Gasteiger partial charge is 0.495 e. The average Bonchev–Trinajstić information content (AvgIpc) is 2.73. The molecule has 142 valence electrons. The van der Waals surface area contributed by atoms with Crippen molar-refractivity contribution in [3.05, 3.63) is 54.4 Å². The maximum Gasteiger partial charge on any atom is 0.319 e. The van der Waals surface area contributed by atoms with Crippen LogP contribution in [-0.4, -0.2) is 48.6 Å². The fraction of sp³-hybridized carbons (Fsp3) is 0.350. The summed E-state index contributed by atoms with van der Waals surface area (Å²) in [5.41, 5.74) is 1.30. The summed E-state index contributed by atoms with van der Waals surface area (Å²) < 4.78 is 5.23. The van der Waals surface area contributed by atoms with E-state index in [0.717, 1.165) is 12.8 Å². The minimum Gasteiger partial charge on any atom is -0.495 e. The van der Waals surface area contributed by atoms with E-state index in [0.29, 0.717) is 42.6 Å². The number of pyridine rings is 1. The Morgan fingerprint density at radius 3 is 2.56 bits per heavy atom. The second-order valence-electron chi connectivity index (χ2n) is 6.51. The van der Waals surface area contributed by atoms with E-state index in [9.17, 15) is 9.59 Å². The third kappa shape index (κ3) is 4.97. The predicted molar refractivity (Wildman–Crippen MR) is 103 cm³/mol. The van der Waals surface area contributed by atoms with Gasteiger partial charge in [-0.2, -0.15) is 0 Å². The molecule has 1 saturated heterocycles. The fourth-order valence-corrected chi connectivity index (χ4v) is 3.17. The van der Waals surface area contributed by atoms with Gasteiger partial charge in [0.05, 0.1) is 12.8 Å². The maximum atomic E-state index is 12.4. The lowest BCUT2D eigenvalue weighted by Gasteiger charge is -2.32. The summed E-state index contributed by atoms with van der Waals surface area (Å²) in [6, 6.07) is 10.5. The van der Waals surface area contributed by atoms with Crippen molar-refractivity contribution in [2.75, 3.05) is 32.1 Å². The first-order chi connectivity index (χ1) is 13.2. The van der Waals surface area contributed by atoms with Gasteiger partial charge in [-0.1, -0.05) is 12.1 Å². The number of urea groups is 1. The average molecular weight is 368 g/mol. The van der Waals surface area contributed by atoms with Crippen LogP contribution in [0.15, 0.2) is 48.8 Å². The molecule has 0 unspecified atom stereocenters. The molecule has 2 heterocycles. The Bertz CT molecular complexity index is 774. The number of carbonyl (C=O) groups excluding carboxylic acids is 2. The van der Waals surface area contributed by atoms with Gasteiger partial charge in [-0.3, -0.25) is 9.78 Å². The zero-order valence-electron chi connectivity index (χ0n) is 15.4. The number of nitrogens with one attached hydrogen (secondary N) is 2. The molecule has 2 N–H and O–H groups in total. The van der Waals surface area contributed by atoms with Crippen LogP contribution in [0.3, 0.4) is 0 Å². The number of piperidine rings is 1. The molecule has 1 aromatic carbocycles. The molecule has 1 aliphatic heterocycles. The smallest absolute Gasteiger partial charge is 0.319 e. The zero-order chi connectivity index (χ0) is 19.1. The van der Waals surface area contributed by atoms with Crippen molar-refractivity contribution < 1.29 is 14.3 Å². The highest BCUT2D eigenvalue weighted by atomic mass is 16.5. The Labute approximate surface area is 158 Å². The lowest BCUT2D eigenvalue weighted by atomic mass is 9.96. The third-order valence-electron chi connectivity index (χ3n) is 4.74. The first-order valence-electron chi connectivity index (χ1n) is 9.04. The molecular weight excluding hydrogens is 344 g/mol. The van der Waals surface area contributed by atoms with Crippen LogP contribution in [0.2, 0.25) is 0 Å². The van der Waals surface area contributed by atoms with Gasteiger partial charge >= 0.3 is 6.03 Å². The van der Waals surface area contributed by atoms with Crippen molar-refractivity contribution in [2.24, 2.45) is 5.92 Å². The Kier molecular flexibility index (Phi) is 6.25. The summed E-state index contributed by atoms with van der Waals surface area (Å²) in [7, 11) is 1.57. The summed E-state index contributed by atoms with van der Waals surface area (Å²) in [6.45, 7) is 1.97. The SMILES string of the molecule is COc1ccccc1NC(=O)NCC1CCN(C(=O)c2ccncc2)CC1. The van der Waals surface area contributed by atoms with Crippen LogP contribution in [0.4, 0.5) is 10.5 Å². The van der Waals surface area contributed by atoms with E-state index >= 15 is 0 Å². The number of nitrogens with zero attached hydrogens (tertiary/aromatic N) is 2. The second-order valence-corrected chi connectivity index (χ2v) is 6.51. The highest BCUT2D eigenvalue weighted by molar-refractivity contribution is 5.94. The van der Waals surface area contributed by atoms with E-state index in [2.05, 4.69) is 15.6 Å². The molecule has 3 rings (SSSR count). The van der Waals surface area contributed by atoms with Gasteiger partial charge in [-0.05, 0) is 43.0 Å². The number of hydrogen-bond donors (Lipinski definition) is 2. The van der Waals surface area contributed by atoms with Crippen LogP contribution in [0, 0.1) is 5.92 Å². The number of ether oxygens (including phenoxy) is 1. The van der Waals surface area contributed by atoms with Crippen LogP contribution in [0.25, 0.3) is 0 Å². The molecule has 0 spiro atoms.